The first-order chi connectivity index (χ1) is 9.58. The van der Waals surface area contributed by atoms with Gasteiger partial charge >= 0.3 is 0 Å². The van der Waals surface area contributed by atoms with E-state index in [1.54, 1.807) is 13.2 Å². The Hall–Kier alpha value is -1.79. The summed E-state index contributed by atoms with van der Waals surface area (Å²) in [6, 6.07) is 5.44. The second-order valence-corrected chi connectivity index (χ2v) is 5.23. The van der Waals surface area contributed by atoms with E-state index in [-0.39, 0.29) is 11.4 Å². The Morgan fingerprint density at radius 1 is 1.60 bits per heavy atom. The standard InChI is InChI=1S/C14H21N3O3/c1-14(5-6-20-9-14)16-8-11-7-10(13(15)17-18)3-4-12(11)19-2/h3-4,7,16,18H,5-6,8-9H2,1-2H3,(H2,15,17). The van der Waals surface area contributed by atoms with Gasteiger partial charge in [0.15, 0.2) is 5.84 Å². The van der Waals surface area contributed by atoms with Crippen molar-refractivity contribution in [2.24, 2.45) is 10.9 Å². The van der Waals surface area contributed by atoms with Crippen LogP contribution in [0.5, 0.6) is 5.75 Å². The molecule has 20 heavy (non-hydrogen) atoms. The van der Waals surface area contributed by atoms with Crippen LogP contribution in [-0.2, 0) is 11.3 Å². The summed E-state index contributed by atoms with van der Waals surface area (Å²) in [5.74, 6) is 0.860. The summed E-state index contributed by atoms with van der Waals surface area (Å²) in [6.07, 6.45) is 0.981. The molecule has 1 aliphatic rings. The average Bonchev–Trinajstić information content (AvgIpc) is 2.91. The predicted octanol–water partition coefficient (Wildman–Crippen LogP) is 1.06. The third kappa shape index (κ3) is 3.20. The number of nitrogens with two attached hydrogens (primary N) is 1. The highest BCUT2D eigenvalue weighted by atomic mass is 16.5. The third-order valence-electron chi connectivity index (χ3n) is 3.61. The number of oxime groups is 1. The largest absolute Gasteiger partial charge is 0.496 e. The quantitative estimate of drug-likeness (QED) is 0.324. The lowest BCUT2D eigenvalue weighted by molar-refractivity contribution is 0.171. The second-order valence-electron chi connectivity index (χ2n) is 5.23. The molecule has 0 spiro atoms. The molecule has 0 bridgehead atoms. The van der Waals surface area contributed by atoms with Crippen molar-refractivity contribution in [1.82, 2.24) is 5.32 Å². The molecular formula is C14H21N3O3. The van der Waals surface area contributed by atoms with Gasteiger partial charge in [-0.2, -0.15) is 0 Å². The Kier molecular flexibility index (Phi) is 4.46. The Bertz CT molecular complexity index is 496. The summed E-state index contributed by atoms with van der Waals surface area (Å²) in [4.78, 5) is 0. The van der Waals surface area contributed by atoms with Gasteiger partial charge in [-0.05, 0) is 31.5 Å². The fourth-order valence-corrected chi connectivity index (χ4v) is 2.25. The molecule has 4 N–H and O–H groups in total. The van der Waals surface area contributed by atoms with E-state index in [2.05, 4.69) is 17.4 Å². The normalized spacial score (nSPS) is 23.0. The van der Waals surface area contributed by atoms with E-state index >= 15 is 0 Å². The minimum absolute atomic E-state index is 0.0162. The highest BCUT2D eigenvalue weighted by Gasteiger charge is 2.29. The number of nitrogens with zero attached hydrogens (tertiary/aromatic N) is 1. The van der Waals surface area contributed by atoms with Crippen LogP contribution >= 0.6 is 0 Å². The first-order valence-corrected chi connectivity index (χ1v) is 6.55. The molecule has 1 heterocycles. The van der Waals surface area contributed by atoms with Gasteiger partial charge in [0.05, 0.1) is 13.7 Å². The fraction of sp³-hybridized carbons (Fsp3) is 0.500. The molecule has 6 heteroatoms. The molecule has 1 unspecified atom stereocenters. The number of hydrogen-bond acceptors (Lipinski definition) is 5. The number of methoxy groups -OCH3 is 1. The summed E-state index contributed by atoms with van der Waals surface area (Å²) in [5, 5.41) is 15.3. The van der Waals surface area contributed by atoms with Crippen LogP contribution in [-0.4, -0.2) is 36.9 Å². The Morgan fingerprint density at radius 3 is 3.00 bits per heavy atom. The summed E-state index contributed by atoms with van der Waals surface area (Å²) < 4.78 is 10.8. The van der Waals surface area contributed by atoms with E-state index in [1.807, 2.05) is 12.1 Å². The molecule has 0 aromatic heterocycles. The summed E-state index contributed by atoms with van der Waals surface area (Å²) in [5.41, 5.74) is 7.23. The number of nitrogens with one attached hydrogen (secondary N) is 1. The van der Waals surface area contributed by atoms with Crippen LogP contribution < -0.4 is 15.8 Å². The second kappa shape index (κ2) is 6.11. The van der Waals surface area contributed by atoms with E-state index in [9.17, 15) is 0 Å². The fourth-order valence-electron chi connectivity index (χ4n) is 2.25. The topological polar surface area (TPSA) is 89.1 Å². The zero-order valence-electron chi connectivity index (χ0n) is 11.8. The van der Waals surface area contributed by atoms with Gasteiger partial charge in [0.2, 0.25) is 0 Å². The van der Waals surface area contributed by atoms with E-state index in [0.29, 0.717) is 18.7 Å². The first kappa shape index (κ1) is 14.6. The number of benzene rings is 1. The van der Waals surface area contributed by atoms with E-state index in [0.717, 1.165) is 24.3 Å². The van der Waals surface area contributed by atoms with Crippen molar-refractivity contribution in [3.05, 3.63) is 29.3 Å². The molecule has 6 nitrogen and oxygen atoms in total. The predicted molar refractivity (Wildman–Crippen MR) is 76.2 cm³/mol. The highest BCUT2D eigenvalue weighted by molar-refractivity contribution is 5.97. The maximum absolute atomic E-state index is 8.75. The minimum atomic E-state index is -0.0162. The van der Waals surface area contributed by atoms with Crippen LogP contribution in [0.1, 0.15) is 24.5 Å². The van der Waals surface area contributed by atoms with Crippen molar-refractivity contribution >= 4 is 5.84 Å². The van der Waals surface area contributed by atoms with Crippen molar-refractivity contribution in [1.29, 1.82) is 0 Å². The lowest BCUT2D eigenvalue weighted by Crippen LogP contribution is -2.42. The minimum Gasteiger partial charge on any atom is -0.496 e. The molecule has 1 aliphatic heterocycles. The van der Waals surface area contributed by atoms with E-state index < -0.39 is 0 Å². The maximum Gasteiger partial charge on any atom is 0.170 e. The van der Waals surface area contributed by atoms with Gasteiger partial charge in [0.1, 0.15) is 5.75 Å². The molecule has 2 rings (SSSR count). The number of ether oxygens (including phenoxy) is 2. The van der Waals surface area contributed by atoms with Gasteiger partial charge in [-0.15, -0.1) is 0 Å². The molecule has 1 fully saturated rings. The SMILES string of the molecule is COc1ccc(/C(N)=N/O)cc1CNC1(C)CCOC1. The molecule has 110 valence electrons. The number of rotatable bonds is 5. The van der Waals surface area contributed by atoms with Crippen molar-refractivity contribution in [3.8, 4) is 5.75 Å². The first-order valence-electron chi connectivity index (χ1n) is 6.55. The molecule has 1 aromatic rings. The Morgan fingerprint density at radius 2 is 2.40 bits per heavy atom. The van der Waals surface area contributed by atoms with Gasteiger partial charge in [-0.3, -0.25) is 0 Å². The summed E-state index contributed by atoms with van der Waals surface area (Å²) >= 11 is 0. The van der Waals surface area contributed by atoms with Crippen molar-refractivity contribution < 1.29 is 14.7 Å². The van der Waals surface area contributed by atoms with Crippen LogP contribution in [0.3, 0.4) is 0 Å². The molecule has 0 amide bonds. The molecule has 0 aliphatic carbocycles. The van der Waals surface area contributed by atoms with Crippen LogP contribution in [0, 0.1) is 0 Å². The average molecular weight is 279 g/mol. The molecule has 1 aromatic carbocycles. The van der Waals surface area contributed by atoms with Gasteiger partial charge in [-0.25, -0.2) is 0 Å². The third-order valence-corrected chi connectivity index (χ3v) is 3.61. The smallest absolute Gasteiger partial charge is 0.170 e. The molecular weight excluding hydrogens is 258 g/mol. The van der Waals surface area contributed by atoms with Crippen LogP contribution in [0.4, 0.5) is 0 Å². The van der Waals surface area contributed by atoms with Gasteiger partial charge in [-0.1, -0.05) is 5.16 Å². The zero-order chi connectivity index (χ0) is 14.6. The van der Waals surface area contributed by atoms with E-state index in [1.165, 1.54) is 0 Å². The lowest BCUT2D eigenvalue weighted by Gasteiger charge is -2.24. The highest BCUT2D eigenvalue weighted by Crippen LogP contribution is 2.23. The van der Waals surface area contributed by atoms with Crippen molar-refractivity contribution in [2.45, 2.75) is 25.4 Å². The molecule has 0 radical (unpaired) electrons. The Labute approximate surface area is 118 Å². The van der Waals surface area contributed by atoms with Crippen molar-refractivity contribution in [3.63, 3.8) is 0 Å². The zero-order valence-corrected chi connectivity index (χ0v) is 11.8. The van der Waals surface area contributed by atoms with Gasteiger partial charge < -0.3 is 25.7 Å². The number of amidine groups is 1. The lowest BCUT2D eigenvalue weighted by atomic mass is 10.0. The van der Waals surface area contributed by atoms with Crippen molar-refractivity contribution in [2.75, 3.05) is 20.3 Å². The van der Waals surface area contributed by atoms with Crippen LogP contribution in [0.2, 0.25) is 0 Å². The van der Waals surface area contributed by atoms with E-state index in [4.69, 9.17) is 20.4 Å². The molecule has 1 saturated heterocycles. The number of hydrogen-bond donors (Lipinski definition) is 3. The van der Waals surface area contributed by atoms with Crippen LogP contribution in [0.15, 0.2) is 23.4 Å². The monoisotopic (exact) mass is 279 g/mol. The van der Waals surface area contributed by atoms with Gasteiger partial charge in [0, 0.05) is 29.8 Å². The van der Waals surface area contributed by atoms with Gasteiger partial charge in [0.25, 0.3) is 0 Å². The molecule has 1 atom stereocenters. The van der Waals surface area contributed by atoms with Crippen LogP contribution in [0.25, 0.3) is 0 Å². The summed E-state index contributed by atoms with van der Waals surface area (Å²) in [6.45, 7) is 4.26. The summed E-state index contributed by atoms with van der Waals surface area (Å²) in [7, 11) is 1.63. The maximum atomic E-state index is 8.75. The Balaban J connectivity index is 2.16. The molecule has 0 saturated carbocycles.